The number of aliphatic imine (C=N–C) groups is 1. The van der Waals surface area contributed by atoms with Crippen molar-refractivity contribution in [2.24, 2.45) is 12.0 Å². The van der Waals surface area contributed by atoms with E-state index in [1.54, 1.807) is 0 Å². The highest BCUT2D eigenvalue weighted by Gasteiger charge is 2.36. The van der Waals surface area contributed by atoms with Crippen LogP contribution < -0.4 is 15.4 Å². The van der Waals surface area contributed by atoms with E-state index in [1.807, 2.05) is 38.1 Å². The van der Waals surface area contributed by atoms with Crippen LogP contribution in [0.1, 0.15) is 23.7 Å². The van der Waals surface area contributed by atoms with Crippen LogP contribution in [0.15, 0.2) is 35.5 Å². The van der Waals surface area contributed by atoms with Crippen molar-refractivity contribution in [3.63, 3.8) is 0 Å². The summed E-state index contributed by atoms with van der Waals surface area (Å²) in [7, 11) is 1.45. The molecule has 0 amide bonds. The Labute approximate surface area is 179 Å². The van der Waals surface area contributed by atoms with Crippen LogP contribution in [0.3, 0.4) is 0 Å². The van der Waals surface area contributed by atoms with Crippen LogP contribution in [0.4, 0.5) is 13.2 Å². The fourth-order valence-corrected chi connectivity index (χ4v) is 2.37. The average molecular weight is 511 g/mol. The molecule has 0 saturated heterocycles. The molecule has 2 aromatic rings. The number of nitrogens with zero attached hydrogens (tertiary/aromatic N) is 3. The number of rotatable bonds is 7. The van der Waals surface area contributed by atoms with Crippen molar-refractivity contribution in [3.8, 4) is 5.75 Å². The van der Waals surface area contributed by atoms with Gasteiger partial charge in [0.2, 0.25) is 0 Å². The molecule has 1 aromatic carbocycles. The van der Waals surface area contributed by atoms with E-state index in [9.17, 15) is 13.2 Å². The largest absolute Gasteiger partial charge is 0.492 e. The predicted molar refractivity (Wildman–Crippen MR) is 113 cm³/mol. The first-order chi connectivity index (χ1) is 12.8. The van der Waals surface area contributed by atoms with Gasteiger partial charge in [-0.2, -0.15) is 18.3 Å². The Morgan fingerprint density at radius 3 is 2.50 bits per heavy atom. The minimum atomic E-state index is -4.50. The monoisotopic (exact) mass is 511 g/mol. The molecule has 0 atom stereocenters. The molecule has 0 aliphatic carbocycles. The molecule has 0 spiro atoms. The average Bonchev–Trinajstić information content (AvgIpc) is 2.99. The van der Waals surface area contributed by atoms with E-state index in [0.29, 0.717) is 25.7 Å². The molecular formula is C18H25F3IN5O. The molecule has 28 heavy (non-hydrogen) atoms. The maximum atomic E-state index is 13.0. The van der Waals surface area contributed by atoms with Gasteiger partial charge in [0.15, 0.2) is 11.7 Å². The maximum absolute atomic E-state index is 13.0. The number of hydrogen-bond acceptors (Lipinski definition) is 3. The third-order valence-corrected chi connectivity index (χ3v) is 3.61. The van der Waals surface area contributed by atoms with Crippen molar-refractivity contribution >= 4 is 29.9 Å². The van der Waals surface area contributed by atoms with E-state index < -0.39 is 11.9 Å². The van der Waals surface area contributed by atoms with Gasteiger partial charge in [0.25, 0.3) is 0 Å². The highest BCUT2D eigenvalue weighted by molar-refractivity contribution is 14.0. The topological polar surface area (TPSA) is 63.5 Å². The lowest BCUT2D eigenvalue weighted by Crippen LogP contribution is -2.39. The van der Waals surface area contributed by atoms with E-state index in [4.69, 9.17) is 4.74 Å². The van der Waals surface area contributed by atoms with E-state index in [1.165, 1.54) is 13.2 Å². The maximum Gasteiger partial charge on any atom is 0.435 e. The van der Waals surface area contributed by atoms with E-state index >= 15 is 0 Å². The van der Waals surface area contributed by atoms with Crippen LogP contribution in [0.2, 0.25) is 0 Å². The number of nitrogens with one attached hydrogen (secondary N) is 2. The highest BCUT2D eigenvalue weighted by Crippen LogP contribution is 2.30. The predicted octanol–water partition coefficient (Wildman–Crippen LogP) is 3.50. The second kappa shape index (κ2) is 11.1. The minimum absolute atomic E-state index is 0. The molecule has 10 heteroatoms. The third kappa shape index (κ3) is 7.56. The summed E-state index contributed by atoms with van der Waals surface area (Å²) < 4.78 is 45.7. The molecular weight excluding hydrogens is 486 g/mol. The van der Waals surface area contributed by atoms with Gasteiger partial charge >= 0.3 is 6.18 Å². The van der Waals surface area contributed by atoms with Gasteiger partial charge < -0.3 is 15.4 Å². The van der Waals surface area contributed by atoms with Crippen LogP contribution in [0.25, 0.3) is 0 Å². The lowest BCUT2D eigenvalue weighted by molar-refractivity contribution is -0.142. The van der Waals surface area contributed by atoms with Gasteiger partial charge in [-0.25, -0.2) is 4.99 Å². The van der Waals surface area contributed by atoms with Gasteiger partial charge in [0.05, 0.1) is 13.1 Å². The molecule has 0 radical (unpaired) electrons. The molecule has 2 rings (SSSR count). The Morgan fingerprint density at radius 1 is 1.21 bits per heavy atom. The van der Waals surface area contributed by atoms with Crippen molar-refractivity contribution in [1.29, 1.82) is 0 Å². The van der Waals surface area contributed by atoms with Crippen molar-refractivity contribution in [1.82, 2.24) is 20.4 Å². The summed E-state index contributed by atoms with van der Waals surface area (Å²) in [5, 5.41) is 9.52. The first-order valence-corrected chi connectivity index (χ1v) is 8.61. The van der Waals surface area contributed by atoms with Gasteiger partial charge in [-0.15, -0.1) is 24.0 Å². The lowest BCUT2D eigenvalue weighted by Gasteiger charge is -2.12. The molecule has 0 bridgehead atoms. The molecule has 156 valence electrons. The van der Waals surface area contributed by atoms with Crippen molar-refractivity contribution in [2.45, 2.75) is 26.6 Å². The van der Waals surface area contributed by atoms with Gasteiger partial charge in [-0.3, -0.25) is 4.68 Å². The molecule has 1 aromatic heterocycles. The number of benzene rings is 1. The van der Waals surface area contributed by atoms with Crippen molar-refractivity contribution in [2.75, 3.05) is 19.7 Å². The summed E-state index contributed by atoms with van der Waals surface area (Å²) in [6.45, 7) is 5.19. The second-order valence-electron chi connectivity index (χ2n) is 5.96. The zero-order chi connectivity index (χ0) is 19.9. The number of ether oxygens (including phenoxy) is 1. The molecule has 0 unspecified atom stereocenters. The molecule has 0 aliphatic heterocycles. The number of guanidine groups is 1. The normalized spacial score (nSPS) is 11.7. The highest BCUT2D eigenvalue weighted by atomic mass is 127. The van der Waals surface area contributed by atoms with Gasteiger partial charge in [0.1, 0.15) is 12.4 Å². The fourth-order valence-electron chi connectivity index (χ4n) is 2.37. The number of aromatic nitrogens is 2. The Kier molecular flexibility index (Phi) is 9.56. The van der Waals surface area contributed by atoms with Crippen LogP contribution in [0, 0.1) is 6.92 Å². The summed E-state index contributed by atoms with van der Waals surface area (Å²) in [6.07, 6.45) is -3.17. The Balaban J connectivity index is 0.00000392. The van der Waals surface area contributed by atoms with E-state index in [-0.39, 0.29) is 36.1 Å². The summed E-state index contributed by atoms with van der Waals surface area (Å²) in [5.41, 5.74) is 0.265. The van der Waals surface area contributed by atoms with Crippen LogP contribution >= 0.6 is 24.0 Å². The summed E-state index contributed by atoms with van der Waals surface area (Å²) in [4.78, 5) is 4.21. The summed E-state index contributed by atoms with van der Waals surface area (Å²) >= 11 is 0. The molecule has 1 heterocycles. The Hall–Kier alpha value is -1.98. The Bertz CT molecular complexity index is 760. The Morgan fingerprint density at radius 2 is 1.89 bits per heavy atom. The SMILES string of the molecule is CCNC(=NCc1cn(C)nc1C(F)(F)F)NCCOc1ccc(C)cc1.I. The molecule has 0 fully saturated rings. The number of aryl methyl sites for hydroxylation is 2. The van der Waals surface area contributed by atoms with Crippen molar-refractivity contribution in [3.05, 3.63) is 47.3 Å². The standard InChI is InChI=1S/C18H24F3N5O.HI/c1-4-22-17(23-9-10-27-15-7-5-13(2)6-8-15)24-11-14-12-26(3)25-16(14)18(19,20)21;/h5-8,12H,4,9-11H2,1-3H3,(H2,22,23,24);1H. The molecule has 2 N–H and O–H groups in total. The quantitative estimate of drug-likeness (QED) is 0.259. The summed E-state index contributed by atoms with van der Waals surface area (Å²) in [6, 6.07) is 7.69. The van der Waals surface area contributed by atoms with Crippen LogP contribution in [0.5, 0.6) is 5.75 Å². The minimum Gasteiger partial charge on any atom is -0.492 e. The third-order valence-electron chi connectivity index (χ3n) is 3.61. The number of hydrogen-bond donors (Lipinski definition) is 2. The van der Waals surface area contributed by atoms with Crippen LogP contribution in [-0.4, -0.2) is 35.4 Å². The molecule has 0 aliphatic rings. The van der Waals surface area contributed by atoms with E-state index in [0.717, 1.165) is 16.0 Å². The zero-order valence-corrected chi connectivity index (χ0v) is 18.3. The smallest absolute Gasteiger partial charge is 0.435 e. The number of halogens is 4. The molecule has 0 saturated carbocycles. The van der Waals surface area contributed by atoms with E-state index in [2.05, 4.69) is 20.7 Å². The van der Waals surface area contributed by atoms with Gasteiger partial charge in [-0.1, -0.05) is 17.7 Å². The first-order valence-electron chi connectivity index (χ1n) is 8.61. The van der Waals surface area contributed by atoms with Crippen molar-refractivity contribution < 1.29 is 17.9 Å². The van der Waals surface area contributed by atoms with Crippen LogP contribution in [-0.2, 0) is 19.8 Å². The lowest BCUT2D eigenvalue weighted by atomic mass is 10.2. The number of alkyl halides is 3. The van der Waals surface area contributed by atoms with Gasteiger partial charge in [-0.05, 0) is 26.0 Å². The van der Waals surface area contributed by atoms with Gasteiger partial charge in [0, 0.05) is 25.4 Å². The molecule has 6 nitrogen and oxygen atoms in total. The second-order valence-corrected chi connectivity index (χ2v) is 5.96. The fraction of sp³-hybridized carbons (Fsp3) is 0.444. The zero-order valence-electron chi connectivity index (χ0n) is 16.0. The first kappa shape index (κ1) is 24.1. The summed E-state index contributed by atoms with van der Waals surface area (Å²) in [5.74, 6) is 1.18.